The Hall–Kier alpha value is -2.15. The molecule has 0 radical (unpaired) electrons. The van der Waals surface area contributed by atoms with Gasteiger partial charge in [0.2, 0.25) is 0 Å². The first-order chi connectivity index (χ1) is 13.7. The molecule has 4 rings (SSSR count). The van der Waals surface area contributed by atoms with Crippen molar-refractivity contribution < 1.29 is 9.15 Å². The smallest absolute Gasteiger partial charge is 0.177 e. The molecular weight excluding hydrogens is 352 g/mol. The maximum Gasteiger partial charge on any atom is 0.177 e. The lowest BCUT2D eigenvalue weighted by atomic mass is 10.1. The van der Waals surface area contributed by atoms with E-state index in [1.807, 2.05) is 25.3 Å². The van der Waals surface area contributed by atoms with Crippen LogP contribution in [0.15, 0.2) is 41.5 Å². The van der Waals surface area contributed by atoms with Crippen LogP contribution in [0.2, 0.25) is 0 Å². The molecule has 1 N–H and O–H groups in total. The van der Waals surface area contributed by atoms with Gasteiger partial charge in [-0.2, -0.15) is 0 Å². The van der Waals surface area contributed by atoms with Crippen LogP contribution in [0, 0.1) is 6.92 Å². The monoisotopic (exact) mass is 382 g/mol. The van der Waals surface area contributed by atoms with Gasteiger partial charge in [-0.1, -0.05) is 24.8 Å². The third-order valence-corrected chi connectivity index (χ3v) is 5.48. The highest BCUT2D eigenvalue weighted by atomic mass is 16.5. The van der Waals surface area contributed by atoms with Crippen molar-refractivity contribution in [2.45, 2.75) is 25.9 Å². The number of rotatable bonds is 6. The molecular formula is C22H30N4O2. The molecule has 2 aliphatic rings. The zero-order valence-electron chi connectivity index (χ0n) is 16.7. The summed E-state index contributed by atoms with van der Waals surface area (Å²) >= 11 is 0. The van der Waals surface area contributed by atoms with Crippen LogP contribution in [-0.2, 0) is 11.3 Å². The molecule has 6 heteroatoms. The van der Waals surface area contributed by atoms with Gasteiger partial charge in [-0.3, -0.25) is 4.90 Å². The number of hydrogen-bond donors (Lipinski definition) is 1. The van der Waals surface area contributed by atoms with E-state index in [0.29, 0.717) is 6.04 Å². The van der Waals surface area contributed by atoms with Crippen LogP contribution in [0.5, 0.6) is 0 Å². The van der Waals surface area contributed by atoms with Crippen LogP contribution in [0.1, 0.15) is 17.7 Å². The molecule has 0 saturated carbocycles. The van der Waals surface area contributed by atoms with Crippen LogP contribution in [0.25, 0.3) is 11.0 Å². The fourth-order valence-electron chi connectivity index (χ4n) is 4.09. The fourth-order valence-corrected chi connectivity index (χ4v) is 4.09. The van der Waals surface area contributed by atoms with Crippen molar-refractivity contribution >= 4 is 16.8 Å². The van der Waals surface area contributed by atoms with Crippen molar-refractivity contribution in [1.29, 1.82) is 0 Å². The molecule has 2 aromatic rings. The van der Waals surface area contributed by atoms with E-state index in [4.69, 9.17) is 14.1 Å². The molecule has 0 aromatic carbocycles. The maximum absolute atomic E-state index is 6.07. The minimum absolute atomic E-state index is 0.479. The molecule has 0 aliphatic carbocycles. The first-order valence-corrected chi connectivity index (χ1v) is 10.2. The minimum atomic E-state index is 0.479. The summed E-state index contributed by atoms with van der Waals surface area (Å²) in [7, 11) is 0. The van der Waals surface area contributed by atoms with Crippen LogP contribution in [0.3, 0.4) is 0 Å². The van der Waals surface area contributed by atoms with Crippen molar-refractivity contribution in [1.82, 2.24) is 15.2 Å². The zero-order valence-corrected chi connectivity index (χ0v) is 16.7. The third-order valence-electron chi connectivity index (χ3n) is 5.48. The van der Waals surface area contributed by atoms with Gasteiger partial charge in [0.25, 0.3) is 0 Å². The van der Waals surface area contributed by atoms with Crippen molar-refractivity contribution in [3.63, 3.8) is 0 Å². The van der Waals surface area contributed by atoms with E-state index in [9.17, 15) is 0 Å². The van der Waals surface area contributed by atoms with Crippen LogP contribution >= 0.6 is 0 Å². The lowest BCUT2D eigenvalue weighted by Crippen LogP contribution is -2.49. The Bertz CT molecular complexity index is 838. The summed E-state index contributed by atoms with van der Waals surface area (Å²) in [6.45, 7) is 13.0. The summed E-state index contributed by atoms with van der Waals surface area (Å²) in [6, 6.07) is 2.63. The molecule has 1 atom stereocenters. The number of morpholine rings is 1. The number of anilines is 1. The molecule has 2 aliphatic heterocycles. The van der Waals surface area contributed by atoms with Gasteiger partial charge in [-0.05, 0) is 25.0 Å². The Kier molecular flexibility index (Phi) is 6.10. The standard InChI is InChI=1S/C22H30N4O2/c1-3-4-5-6-19-16-25(8-7-23-19)15-18-14-24-22(26-9-11-27-12-10-26)21-20(18)13-17(2)28-21/h3-5,13-14,19,23H,1,6-12,15-16H2,2H3/b5-4-/t19-/m1/s1. The topological polar surface area (TPSA) is 53.8 Å². The number of aromatic nitrogens is 1. The zero-order chi connectivity index (χ0) is 19.3. The predicted octanol–water partition coefficient (Wildman–Crippen LogP) is 2.88. The van der Waals surface area contributed by atoms with Gasteiger partial charge >= 0.3 is 0 Å². The Labute approximate surface area is 166 Å². The van der Waals surface area contributed by atoms with E-state index in [0.717, 1.165) is 76.1 Å². The summed E-state index contributed by atoms with van der Waals surface area (Å²) in [5.41, 5.74) is 2.16. The number of furan rings is 1. The number of hydrogen-bond acceptors (Lipinski definition) is 6. The molecule has 2 aromatic heterocycles. The van der Waals surface area contributed by atoms with E-state index < -0.39 is 0 Å². The highest BCUT2D eigenvalue weighted by Crippen LogP contribution is 2.31. The van der Waals surface area contributed by atoms with E-state index in [-0.39, 0.29) is 0 Å². The number of fused-ring (bicyclic) bond motifs is 1. The first-order valence-electron chi connectivity index (χ1n) is 10.2. The van der Waals surface area contributed by atoms with Crippen LogP contribution in [0.4, 0.5) is 5.82 Å². The van der Waals surface area contributed by atoms with Gasteiger partial charge in [0, 0.05) is 56.9 Å². The first kappa shape index (κ1) is 19.2. The molecule has 0 amide bonds. The highest BCUT2D eigenvalue weighted by molar-refractivity contribution is 5.90. The van der Waals surface area contributed by atoms with Crippen molar-refractivity contribution in [2.24, 2.45) is 0 Å². The summed E-state index contributed by atoms with van der Waals surface area (Å²) in [4.78, 5) is 9.58. The van der Waals surface area contributed by atoms with Crippen LogP contribution < -0.4 is 10.2 Å². The number of ether oxygens (including phenoxy) is 1. The van der Waals surface area contributed by atoms with Gasteiger partial charge in [-0.15, -0.1) is 0 Å². The SMILES string of the molecule is C=C/C=C\C[C@@H]1CN(Cc2cnc(N3CCOCC3)c3oc(C)cc23)CCN1. The number of pyridine rings is 1. The second-order valence-electron chi connectivity index (χ2n) is 7.59. The molecule has 0 bridgehead atoms. The molecule has 2 fully saturated rings. The number of allylic oxidation sites excluding steroid dienone is 2. The average molecular weight is 383 g/mol. The third kappa shape index (κ3) is 4.29. The largest absolute Gasteiger partial charge is 0.457 e. The number of nitrogens with zero attached hydrogens (tertiary/aromatic N) is 3. The highest BCUT2D eigenvalue weighted by Gasteiger charge is 2.23. The minimum Gasteiger partial charge on any atom is -0.457 e. The van der Waals surface area contributed by atoms with E-state index in [2.05, 4.69) is 33.8 Å². The lowest BCUT2D eigenvalue weighted by molar-refractivity contribution is 0.122. The number of nitrogens with one attached hydrogen (secondary N) is 1. The van der Waals surface area contributed by atoms with E-state index in [1.165, 1.54) is 10.9 Å². The molecule has 28 heavy (non-hydrogen) atoms. The lowest BCUT2D eigenvalue weighted by Gasteiger charge is -2.33. The molecule has 4 heterocycles. The summed E-state index contributed by atoms with van der Waals surface area (Å²) in [5, 5.41) is 4.80. The normalized spacial score (nSPS) is 21.6. The van der Waals surface area contributed by atoms with Crippen molar-refractivity contribution in [3.05, 3.63) is 48.4 Å². The fraction of sp³-hybridized carbons (Fsp3) is 0.500. The summed E-state index contributed by atoms with van der Waals surface area (Å²) < 4.78 is 11.6. The second-order valence-corrected chi connectivity index (χ2v) is 7.59. The Morgan fingerprint density at radius 3 is 3.00 bits per heavy atom. The molecule has 150 valence electrons. The quantitative estimate of drug-likeness (QED) is 0.776. The predicted molar refractivity (Wildman–Crippen MR) is 113 cm³/mol. The van der Waals surface area contributed by atoms with Gasteiger partial charge in [0.05, 0.1) is 13.2 Å². The van der Waals surface area contributed by atoms with Gasteiger partial charge in [0.15, 0.2) is 11.4 Å². The van der Waals surface area contributed by atoms with Gasteiger partial charge in [-0.25, -0.2) is 4.98 Å². The van der Waals surface area contributed by atoms with E-state index >= 15 is 0 Å². The van der Waals surface area contributed by atoms with Crippen molar-refractivity contribution in [2.75, 3.05) is 50.8 Å². The Balaban J connectivity index is 1.52. The average Bonchev–Trinajstić information content (AvgIpc) is 3.11. The number of aryl methyl sites for hydroxylation is 1. The summed E-state index contributed by atoms with van der Waals surface area (Å²) in [6.07, 6.45) is 9.10. The second kappa shape index (κ2) is 8.90. The maximum atomic E-state index is 6.07. The molecule has 0 spiro atoms. The molecule has 0 unspecified atom stereocenters. The Morgan fingerprint density at radius 2 is 2.18 bits per heavy atom. The molecule has 6 nitrogen and oxygen atoms in total. The summed E-state index contributed by atoms with van der Waals surface area (Å²) in [5.74, 6) is 1.88. The Morgan fingerprint density at radius 1 is 1.32 bits per heavy atom. The van der Waals surface area contributed by atoms with Gasteiger partial charge in [0.1, 0.15) is 5.76 Å². The van der Waals surface area contributed by atoms with Crippen molar-refractivity contribution in [3.8, 4) is 0 Å². The van der Waals surface area contributed by atoms with Crippen LogP contribution in [-0.4, -0.2) is 61.9 Å². The molecule has 2 saturated heterocycles. The number of piperazine rings is 1. The van der Waals surface area contributed by atoms with Gasteiger partial charge < -0.3 is 19.4 Å². The van der Waals surface area contributed by atoms with E-state index in [1.54, 1.807) is 0 Å².